The Kier molecular flexibility index (Phi) is 3.66. The van der Waals surface area contributed by atoms with Gasteiger partial charge in [0.1, 0.15) is 0 Å². The van der Waals surface area contributed by atoms with Crippen LogP contribution in [0.5, 0.6) is 0 Å². The summed E-state index contributed by atoms with van der Waals surface area (Å²) >= 11 is 8.38. The lowest BCUT2D eigenvalue weighted by Gasteiger charge is -1.98. The fraction of sp³-hybridized carbons (Fsp3) is 0.800. The number of aliphatic imine (C=N–C) groups is 1. The van der Waals surface area contributed by atoms with Crippen molar-refractivity contribution in [3.05, 3.63) is 0 Å². The van der Waals surface area contributed by atoms with Crippen LogP contribution in [0.2, 0.25) is 0 Å². The van der Waals surface area contributed by atoms with Crippen LogP contribution in [0.4, 0.5) is 0 Å². The second-order valence-corrected chi connectivity index (χ2v) is 4.71. The van der Waals surface area contributed by atoms with E-state index in [-0.39, 0.29) is 0 Å². The third-order valence-corrected chi connectivity index (χ3v) is 4.12. The number of rotatable bonds is 2. The first-order chi connectivity index (χ1) is 4.43. The second-order valence-electron chi connectivity index (χ2n) is 1.60. The van der Waals surface area contributed by atoms with Crippen LogP contribution in [0.1, 0.15) is 0 Å². The summed E-state index contributed by atoms with van der Waals surface area (Å²) in [5.74, 6) is 2.53. The van der Waals surface area contributed by atoms with Crippen molar-refractivity contribution in [3.63, 3.8) is 0 Å². The summed E-state index contributed by atoms with van der Waals surface area (Å²) in [6.45, 7) is 0.846. The standard InChI is InChI=1S/C5H7NS3/c7-4-6-3-5-8-1-2-9-5/h5H,1-3H2. The summed E-state index contributed by atoms with van der Waals surface area (Å²) < 4.78 is 0.653. The molecule has 0 N–H and O–H groups in total. The van der Waals surface area contributed by atoms with Gasteiger partial charge in [0.05, 0.1) is 16.3 Å². The molecule has 9 heavy (non-hydrogen) atoms. The quantitative estimate of drug-likeness (QED) is 0.472. The summed E-state index contributed by atoms with van der Waals surface area (Å²) in [6, 6.07) is 0. The first-order valence-corrected chi connectivity index (χ1v) is 5.21. The van der Waals surface area contributed by atoms with Crippen LogP contribution in [0, 0.1) is 0 Å². The van der Waals surface area contributed by atoms with E-state index in [2.05, 4.69) is 22.4 Å². The van der Waals surface area contributed by atoms with E-state index in [9.17, 15) is 0 Å². The fourth-order valence-electron chi connectivity index (χ4n) is 0.624. The minimum Gasteiger partial charge on any atom is -0.230 e. The van der Waals surface area contributed by atoms with Gasteiger partial charge in [0.2, 0.25) is 0 Å². The van der Waals surface area contributed by atoms with E-state index in [4.69, 9.17) is 0 Å². The Bertz CT molecular complexity index is 124. The number of hydrogen-bond donors (Lipinski definition) is 0. The summed E-state index contributed by atoms with van der Waals surface area (Å²) in [5, 5.41) is 2.38. The van der Waals surface area contributed by atoms with Gasteiger partial charge in [0, 0.05) is 11.5 Å². The normalized spacial score (nSPS) is 19.6. The molecular formula is C5H7NS3. The maximum absolute atomic E-state index is 4.45. The SMILES string of the molecule is S=C=NCC1SCCS1. The maximum atomic E-state index is 4.45. The molecule has 1 aliphatic rings. The monoisotopic (exact) mass is 177 g/mol. The molecule has 0 aromatic carbocycles. The Balaban J connectivity index is 2.18. The minimum atomic E-state index is 0.653. The molecular weight excluding hydrogens is 170 g/mol. The van der Waals surface area contributed by atoms with E-state index >= 15 is 0 Å². The minimum absolute atomic E-state index is 0.653. The van der Waals surface area contributed by atoms with Crippen molar-refractivity contribution in [2.75, 3.05) is 18.1 Å². The van der Waals surface area contributed by atoms with Crippen LogP contribution >= 0.6 is 35.7 Å². The highest BCUT2D eigenvalue weighted by molar-refractivity contribution is 8.20. The summed E-state index contributed by atoms with van der Waals surface area (Å²) in [4.78, 5) is 3.88. The van der Waals surface area contributed by atoms with Gasteiger partial charge in [0.15, 0.2) is 0 Å². The van der Waals surface area contributed by atoms with Crippen molar-refractivity contribution >= 4 is 40.9 Å². The van der Waals surface area contributed by atoms with E-state index in [1.165, 1.54) is 11.5 Å². The van der Waals surface area contributed by atoms with Crippen LogP contribution in [-0.2, 0) is 0 Å². The van der Waals surface area contributed by atoms with Gasteiger partial charge in [-0.1, -0.05) is 0 Å². The van der Waals surface area contributed by atoms with E-state index in [1.807, 2.05) is 23.5 Å². The zero-order chi connectivity index (χ0) is 6.53. The number of thioether (sulfide) groups is 2. The number of isothiocyanates is 1. The van der Waals surface area contributed by atoms with Crippen LogP contribution < -0.4 is 0 Å². The van der Waals surface area contributed by atoms with Gasteiger partial charge >= 0.3 is 0 Å². The molecule has 1 heterocycles. The lowest BCUT2D eigenvalue weighted by molar-refractivity contribution is 1.12. The summed E-state index contributed by atoms with van der Waals surface area (Å²) in [5.41, 5.74) is 0. The van der Waals surface area contributed by atoms with Crippen molar-refractivity contribution in [2.45, 2.75) is 4.58 Å². The van der Waals surface area contributed by atoms with Gasteiger partial charge in [-0.05, 0) is 12.2 Å². The molecule has 0 amide bonds. The Hall–Kier alpha value is 0.500. The van der Waals surface area contributed by atoms with E-state index < -0.39 is 0 Å². The lowest BCUT2D eigenvalue weighted by atomic mass is 10.8. The van der Waals surface area contributed by atoms with E-state index in [0.717, 1.165) is 6.54 Å². The van der Waals surface area contributed by atoms with Crippen LogP contribution in [0.15, 0.2) is 4.99 Å². The lowest BCUT2D eigenvalue weighted by Crippen LogP contribution is -1.95. The molecule has 0 atom stereocenters. The fourth-order valence-corrected chi connectivity index (χ4v) is 3.32. The summed E-state index contributed by atoms with van der Waals surface area (Å²) in [7, 11) is 0. The molecule has 50 valence electrons. The smallest absolute Gasteiger partial charge is 0.0706 e. The highest BCUT2D eigenvalue weighted by Crippen LogP contribution is 2.31. The predicted octanol–water partition coefficient (Wildman–Crippen LogP) is 1.90. The molecule has 0 bridgehead atoms. The summed E-state index contributed by atoms with van der Waals surface area (Å²) in [6.07, 6.45) is 0. The van der Waals surface area contributed by atoms with Crippen LogP contribution in [0.25, 0.3) is 0 Å². The molecule has 0 spiro atoms. The number of hydrogen-bond acceptors (Lipinski definition) is 4. The molecule has 0 unspecified atom stereocenters. The number of thiocarbonyl (C=S) groups is 1. The average molecular weight is 177 g/mol. The van der Waals surface area contributed by atoms with Crippen molar-refractivity contribution in [2.24, 2.45) is 4.99 Å². The maximum Gasteiger partial charge on any atom is 0.0706 e. The third-order valence-electron chi connectivity index (χ3n) is 0.996. The molecule has 0 aliphatic carbocycles. The van der Waals surface area contributed by atoms with Crippen molar-refractivity contribution in [1.82, 2.24) is 0 Å². The first-order valence-electron chi connectivity index (χ1n) is 2.70. The number of nitrogens with zero attached hydrogens (tertiary/aromatic N) is 1. The topological polar surface area (TPSA) is 12.4 Å². The van der Waals surface area contributed by atoms with Crippen molar-refractivity contribution in [3.8, 4) is 0 Å². The molecule has 1 aliphatic heterocycles. The average Bonchev–Trinajstić information content (AvgIpc) is 2.34. The van der Waals surface area contributed by atoms with Crippen molar-refractivity contribution in [1.29, 1.82) is 0 Å². The Morgan fingerprint density at radius 2 is 2.22 bits per heavy atom. The van der Waals surface area contributed by atoms with Gasteiger partial charge < -0.3 is 0 Å². The van der Waals surface area contributed by atoms with Gasteiger partial charge in [0.25, 0.3) is 0 Å². The molecule has 0 aromatic heterocycles. The van der Waals surface area contributed by atoms with Gasteiger partial charge in [-0.15, -0.1) is 23.5 Å². The first kappa shape index (κ1) is 7.61. The van der Waals surface area contributed by atoms with E-state index in [1.54, 1.807) is 0 Å². The zero-order valence-electron chi connectivity index (χ0n) is 4.87. The highest BCUT2D eigenvalue weighted by atomic mass is 32.2. The van der Waals surface area contributed by atoms with Crippen molar-refractivity contribution < 1.29 is 0 Å². The highest BCUT2D eigenvalue weighted by Gasteiger charge is 2.14. The van der Waals surface area contributed by atoms with Crippen LogP contribution in [0.3, 0.4) is 0 Å². The molecule has 1 fully saturated rings. The Morgan fingerprint density at radius 3 is 2.78 bits per heavy atom. The predicted molar refractivity (Wildman–Crippen MR) is 48.6 cm³/mol. The zero-order valence-corrected chi connectivity index (χ0v) is 7.32. The third kappa shape index (κ3) is 2.72. The van der Waals surface area contributed by atoms with Gasteiger partial charge in [-0.3, -0.25) is 0 Å². The van der Waals surface area contributed by atoms with Gasteiger partial charge in [-0.25, -0.2) is 4.99 Å². The molecule has 1 nitrogen and oxygen atoms in total. The Morgan fingerprint density at radius 1 is 1.56 bits per heavy atom. The Labute approximate surface area is 68.7 Å². The molecule has 0 saturated carbocycles. The molecule has 1 rings (SSSR count). The second kappa shape index (κ2) is 4.34. The van der Waals surface area contributed by atoms with Crippen LogP contribution in [-0.4, -0.2) is 27.8 Å². The molecule has 4 heteroatoms. The largest absolute Gasteiger partial charge is 0.230 e. The van der Waals surface area contributed by atoms with E-state index in [0.29, 0.717) is 4.58 Å². The molecule has 1 saturated heterocycles. The van der Waals surface area contributed by atoms with Gasteiger partial charge in [-0.2, -0.15) is 0 Å². The molecule has 0 radical (unpaired) electrons. The molecule has 0 aromatic rings.